The van der Waals surface area contributed by atoms with Crippen LogP contribution in [-0.4, -0.2) is 0 Å². The molecule has 19 heavy (non-hydrogen) atoms. The molecule has 0 spiro atoms. The largest absolute Gasteiger partial charge is 0.133 e. The molecule has 0 saturated carbocycles. The number of hydrogen-bond donors (Lipinski definition) is 0. The van der Waals surface area contributed by atoms with E-state index >= 15 is 0 Å². The van der Waals surface area contributed by atoms with Gasteiger partial charge in [0.1, 0.15) is 0 Å². The van der Waals surface area contributed by atoms with Gasteiger partial charge in [-0.2, -0.15) is 0 Å². The van der Waals surface area contributed by atoms with Gasteiger partial charge in [0, 0.05) is 15.6 Å². The van der Waals surface area contributed by atoms with Crippen LogP contribution >= 0.6 is 11.3 Å². The highest BCUT2D eigenvalue weighted by Crippen LogP contribution is 2.35. The minimum atomic E-state index is 1.20. The Hall–Kier alpha value is -2.12. The molecule has 4 aromatic rings. The number of fused-ring (bicyclic) bond motifs is 2. The quantitative estimate of drug-likeness (QED) is 0.422. The van der Waals surface area contributed by atoms with Crippen molar-refractivity contribution >= 4 is 32.9 Å². The number of rotatable bonds is 1. The van der Waals surface area contributed by atoms with Crippen LogP contribution in [0.4, 0.5) is 0 Å². The molecule has 0 saturated heterocycles. The molecular formula is C18H11S. The van der Waals surface area contributed by atoms with Crippen LogP contribution in [0, 0.1) is 5.38 Å². The van der Waals surface area contributed by atoms with Gasteiger partial charge < -0.3 is 0 Å². The summed E-state index contributed by atoms with van der Waals surface area (Å²) in [5.41, 5.74) is 1.28. The summed E-state index contributed by atoms with van der Waals surface area (Å²) in [4.78, 5) is 1.31. The molecular weight excluding hydrogens is 248 g/mol. The minimum Gasteiger partial charge on any atom is -0.133 e. The third kappa shape index (κ3) is 1.74. The van der Waals surface area contributed by atoms with E-state index in [0.29, 0.717) is 0 Å². The minimum absolute atomic E-state index is 1.20. The van der Waals surface area contributed by atoms with E-state index < -0.39 is 0 Å². The second-order valence-corrected chi connectivity index (χ2v) is 5.46. The van der Waals surface area contributed by atoms with Gasteiger partial charge in [-0.3, -0.25) is 0 Å². The molecule has 0 aliphatic heterocycles. The van der Waals surface area contributed by atoms with Crippen LogP contribution in [0.2, 0.25) is 0 Å². The van der Waals surface area contributed by atoms with E-state index in [9.17, 15) is 0 Å². The fraction of sp³-hybridized carbons (Fsp3) is 0. The third-order valence-electron chi connectivity index (χ3n) is 3.45. The number of thiophene rings is 1. The van der Waals surface area contributed by atoms with Crippen molar-refractivity contribution in [2.75, 3.05) is 0 Å². The molecule has 0 atom stereocenters. The highest BCUT2D eigenvalue weighted by molar-refractivity contribution is 7.15. The van der Waals surface area contributed by atoms with Gasteiger partial charge >= 0.3 is 0 Å². The first-order valence-electron chi connectivity index (χ1n) is 6.30. The van der Waals surface area contributed by atoms with Gasteiger partial charge in [0.15, 0.2) is 0 Å². The van der Waals surface area contributed by atoms with Crippen LogP contribution in [-0.2, 0) is 0 Å². The van der Waals surface area contributed by atoms with Crippen molar-refractivity contribution in [2.24, 2.45) is 0 Å². The Labute approximate surface area is 115 Å². The lowest BCUT2D eigenvalue weighted by atomic mass is 10.0. The maximum absolute atomic E-state index is 3.38. The van der Waals surface area contributed by atoms with Crippen molar-refractivity contribution in [1.82, 2.24) is 0 Å². The first kappa shape index (κ1) is 10.8. The molecule has 4 rings (SSSR count). The van der Waals surface area contributed by atoms with Gasteiger partial charge in [-0.1, -0.05) is 60.7 Å². The van der Waals surface area contributed by atoms with Crippen molar-refractivity contribution in [2.45, 2.75) is 0 Å². The van der Waals surface area contributed by atoms with E-state index in [1.807, 2.05) is 0 Å². The fourth-order valence-electron chi connectivity index (χ4n) is 2.48. The molecule has 0 N–H and O–H groups in total. The summed E-state index contributed by atoms with van der Waals surface area (Å²) in [5, 5.41) is 8.45. The smallest absolute Gasteiger partial charge is 0.0534 e. The molecule has 89 valence electrons. The molecule has 0 nitrogen and oxygen atoms in total. The number of benzene rings is 3. The Kier molecular flexibility index (Phi) is 2.39. The molecule has 0 bridgehead atoms. The zero-order valence-electron chi connectivity index (χ0n) is 10.3. The van der Waals surface area contributed by atoms with Crippen LogP contribution in [0.15, 0.2) is 66.7 Å². The first-order valence-corrected chi connectivity index (χ1v) is 7.12. The first-order chi connectivity index (χ1) is 9.42. The zero-order chi connectivity index (χ0) is 12.7. The summed E-state index contributed by atoms with van der Waals surface area (Å²) in [6.07, 6.45) is 0. The average molecular weight is 259 g/mol. The fourth-order valence-corrected chi connectivity index (χ4v) is 3.40. The van der Waals surface area contributed by atoms with Crippen LogP contribution in [0.3, 0.4) is 0 Å². The summed E-state index contributed by atoms with van der Waals surface area (Å²) >= 11 is 1.70. The Morgan fingerprint density at radius 2 is 1.53 bits per heavy atom. The predicted molar refractivity (Wildman–Crippen MR) is 83.6 cm³/mol. The van der Waals surface area contributed by atoms with Crippen molar-refractivity contribution in [3.05, 3.63) is 72.1 Å². The SMILES string of the molecule is [c]1sc(-c2ccc3ccccc3c2)c2ccccc12. The van der Waals surface area contributed by atoms with Crippen LogP contribution in [0.25, 0.3) is 32.0 Å². The molecule has 1 heterocycles. The summed E-state index contributed by atoms with van der Waals surface area (Å²) in [5.74, 6) is 0. The molecule has 0 fully saturated rings. The summed E-state index contributed by atoms with van der Waals surface area (Å²) in [6.45, 7) is 0. The molecule has 0 unspecified atom stereocenters. The van der Waals surface area contributed by atoms with Crippen molar-refractivity contribution in [3.8, 4) is 10.4 Å². The lowest BCUT2D eigenvalue weighted by Crippen LogP contribution is -1.76. The van der Waals surface area contributed by atoms with Crippen molar-refractivity contribution in [1.29, 1.82) is 0 Å². The second kappa shape index (κ2) is 4.22. The molecule has 3 aromatic carbocycles. The number of hydrogen-bond acceptors (Lipinski definition) is 1. The maximum atomic E-state index is 3.38. The highest BCUT2D eigenvalue weighted by Gasteiger charge is 2.06. The van der Waals surface area contributed by atoms with Gasteiger partial charge in [-0.15, -0.1) is 11.3 Å². The van der Waals surface area contributed by atoms with E-state index in [2.05, 4.69) is 72.1 Å². The van der Waals surface area contributed by atoms with E-state index in [1.165, 1.54) is 32.0 Å². The zero-order valence-corrected chi connectivity index (χ0v) is 11.1. The topological polar surface area (TPSA) is 0 Å². The van der Waals surface area contributed by atoms with Crippen LogP contribution in [0.5, 0.6) is 0 Å². The van der Waals surface area contributed by atoms with Gasteiger partial charge in [-0.05, 0) is 22.4 Å². The Balaban J connectivity index is 1.99. The van der Waals surface area contributed by atoms with Gasteiger partial charge in [-0.25, -0.2) is 0 Å². The molecule has 0 aliphatic carbocycles. The summed E-state index contributed by atoms with van der Waals surface area (Å²) in [7, 11) is 0. The van der Waals surface area contributed by atoms with E-state index in [4.69, 9.17) is 0 Å². The van der Waals surface area contributed by atoms with E-state index in [-0.39, 0.29) is 0 Å². The monoisotopic (exact) mass is 259 g/mol. The lowest BCUT2D eigenvalue weighted by Gasteiger charge is -2.02. The maximum Gasteiger partial charge on any atom is 0.0534 e. The van der Waals surface area contributed by atoms with Crippen molar-refractivity contribution < 1.29 is 0 Å². The van der Waals surface area contributed by atoms with Gasteiger partial charge in [0.05, 0.1) is 5.38 Å². The van der Waals surface area contributed by atoms with E-state index in [1.54, 1.807) is 11.3 Å². The third-order valence-corrected chi connectivity index (χ3v) is 4.43. The Bertz CT molecular complexity index is 871. The second-order valence-electron chi connectivity index (χ2n) is 4.64. The predicted octanol–water partition coefficient (Wildman–Crippen LogP) is 5.52. The normalized spacial score (nSPS) is 11.2. The Morgan fingerprint density at radius 1 is 0.737 bits per heavy atom. The van der Waals surface area contributed by atoms with Crippen LogP contribution < -0.4 is 0 Å². The summed E-state index contributed by atoms with van der Waals surface area (Å²) in [6, 6.07) is 23.6. The molecule has 1 heteroatoms. The summed E-state index contributed by atoms with van der Waals surface area (Å²) < 4.78 is 0. The van der Waals surface area contributed by atoms with Crippen LogP contribution in [0.1, 0.15) is 0 Å². The molecule has 0 aliphatic rings. The molecule has 0 amide bonds. The lowest BCUT2D eigenvalue weighted by molar-refractivity contribution is 1.74. The van der Waals surface area contributed by atoms with Crippen molar-refractivity contribution in [3.63, 3.8) is 0 Å². The molecule has 1 radical (unpaired) electrons. The Morgan fingerprint density at radius 3 is 2.47 bits per heavy atom. The van der Waals surface area contributed by atoms with E-state index in [0.717, 1.165) is 0 Å². The van der Waals surface area contributed by atoms with Gasteiger partial charge in [0.25, 0.3) is 0 Å². The van der Waals surface area contributed by atoms with Gasteiger partial charge in [0.2, 0.25) is 0 Å². The molecule has 1 aromatic heterocycles. The average Bonchev–Trinajstić information content (AvgIpc) is 2.91. The highest BCUT2D eigenvalue weighted by atomic mass is 32.1. The standard InChI is InChI=1S/C18H11S/c1-2-6-14-11-15(10-9-13(14)5-1)18-17-8-4-3-7-16(17)12-19-18/h1-11H.